The summed E-state index contributed by atoms with van der Waals surface area (Å²) in [7, 11) is 2.14. The third-order valence-electron chi connectivity index (χ3n) is 3.88. The van der Waals surface area contributed by atoms with Crippen molar-refractivity contribution >= 4 is 5.97 Å². The Hall–Kier alpha value is -0.610. The van der Waals surface area contributed by atoms with E-state index in [0.29, 0.717) is 18.1 Å². The predicted molar refractivity (Wildman–Crippen MR) is 69.2 cm³/mol. The maximum absolute atomic E-state index is 10.7. The van der Waals surface area contributed by atoms with Crippen LogP contribution in [0.4, 0.5) is 0 Å². The van der Waals surface area contributed by atoms with Crippen LogP contribution in [-0.2, 0) is 4.79 Å². The summed E-state index contributed by atoms with van der Waals surface area (Å²) in [6, 6.07) is 1.46. The normalized spacial score (nSPS) is 28.3. The molecule has 1 aliphatic heterocycles. The number of likely N-dealkylation sites (N-methyl/N-ethyl adjacent to an activating group) is 1. The molecule has 4 heteroatoms. The molecule has 0 aliphatic carbocycles. The Morgan fingerprint density at radius 3 is 2.65 bits per heavy atom. The van der Waals surface area contributed by atoms with Gasteiger partial charge in [-0.3, -0.25) is 9.69 Å². The second kappa shape index (κ2) is 6.36. The minimum absolute atomic E-state index is 0.274. The smallest absolute Gasteiger partial charge is 0.303 e. The van der Waals surface area contributed by atoms with Gasteiger partial charge in [-0.25, -0.2) is 0 Å². The largest absolute Gasteiger partial charge is 0.481 e. The SMILES string of the molecule is CC1CCN(C(C)C)C(CCC(=O)O)CN1C. The highest BCUT2D eigenvalue weighted by molar-refractivity contribution is 5.66. The molecule has 17 heavy (non-hydrogen) atoms. The zero-order valence-electron chi connectivity index (χ0n) is 11.5. The van der Waals surface area contributed by atoms with Crippen LogP contribution in [0.1, 0.15) is 40.0 Å². The van der Waals surface area contributed by atoms with E-state index in [-0.39, 0.29) is 6.42 Å². The van der Waals surface area contributed by atoms with Crippen LogP contribution in [0.2, 0.25) is 0 Å². The van der Waals surface area contributed by atoms with E-state index >= 15 is 0 Å². The number of hydrogen-bond acceptors (Lipinski definition) is 3. The van der Waals surface area contributed by atoms with Gasteiger partial charge in [-0.1, -0.05) is 0 Å². The average Bonchev–Trinajstić information content (AvgIpc) is 2.37. The third-order valence-corrected chi connectivity index (χ3v) is 3.88. The summed E-state index contributed by atoms with van der Waals surface area (Å²) in [5, 5.41) is 8.83. The summed E-state index contributed by atoms with van der Waals surface area (Å²) >= 11 is 0. The van der Waals surface area contributed by atoms with Crippen LogP contribution in [0.15, 0.2) is 0 Å². The summed E-state index contributed by atoms with van der Waals surface area (Å²) in [4.78, 5) is 15.5. The van der Waals surface area contributed by atoms with Crippen LogP contribution in [0.3, 0.4) is 0 Å². The standard InChI is InChI=1S/C13H26N2O2/c1-10(2)15-8-7-11(3)14(4)9-12(15)5-6-13(16)17/h10-12H,5-9H2,1-4H3,(H,16,17). The van der Waals surface area contributed by atoms with Gasteiger partial charge in [0, 0.05) is 37.6 Å². The van der Waals surface area contributed by atoms with Gasteiger partial charge in [0.15, 0.2) is 0 Å². The predicted octanol–water partition coefficient (Wildman–Crippen LogP) is 1.65. The van der Waals surface area contributed by atoms with Crippen molar-refractivity contribution < 1.29 is 9.90 Å². The minimum atomic E-state index is -0.686. The van der Waals surface area contributed by atoms with E-state index in [0.717, 1.165) is 25.9 Å². The highest BCUT2D eigenvalue weighted by Gasteiger charge is 2.28. The number of rotatable bonds is 4. The summed E-state index contributed by atoms with van der Waals surface area (Å²) in [6.45, 7) is 8.70. The van der Waals surface area contributed by atoms with Crippen molar-refractivity contribution in [3.05, 3.63) is 0 Å². The zero-order chi connectivity index (χ0) is 13.0. The summed E-state index contributed by atoms with van der Waals surface area (Å²) in [5.41, 5.74) is 0. The molecule has 1 rings (SSSR count). The lowest BCUT2D eigenvalue weighted by atomic mass is 10.1. The molecule has 0 amide bonds. The minimum Gasteiger partial charge on any atom is -0.481 e. The second-order valence-electron chi connectivity index (χ2n) is 5.50. The first-order valence-electron chi connectivity index (χ1n) is 6.59. The fourth-order valence-electron chi connectivity index (χ4n) is 2.58. The van der Waals surface area contributed by atoms with Crippen LogP contribution < -0.4 is 0 Å². The molecule has 1 saturated heterocycles. The molecule has 100 valence electrons. The van der Waals surface area contributed by atoms with Gasteiger partial charge in [-0.2, -0.15) is 0 Å². The van der Waals surface area contributed by atoms with Crippen LogP contribution in [0.25, 0.3) is 0 Å². The lowest BCUT2D eigenvalue weighted by molar-refractivity contribution is -0.137. The fourth-order valence-corrected chi connectivity index (χ4v) is 2.58. The first-order valence-corrected chi connectivity index (χ1v) is 6.59. The Morgan fingerprint density at radius 2 is 2.12 bits per heavy atom. The monoisotopic (exact) mass is 242 g/mol. The van der Waals surface area contributed by atoms with E-state index in [9.17, 15) is 4.79 Å². The molecule has 2 unspecified atom stereocenters. The molecule has 0 aromatic rings. The van der Waals surface area contributed by atoms with E-state index in [2.05, 4.69) is 37.6 Å². The molecule has 1 N–H and O–H groups in total. The molecular weight excluding hydrogens is 216 g/mol. The molecular formula is C13H26N2O2. The average molecular weight is 242 g/mol. The van der Waals surface area contributed by atoms with Gasteiger partial charge in [-0.15, -0.1) is 0 Å². The molecule has 1 fully saturated rings. The second-order valence-corrected chi connectivity index (χ2v) is 5.50. The molecule has 0 spiro atoms. The molecule has 0 bridgehead atoms. The van der Waals surface area contributed by atoms with Crippen LogP contribution >= 0.6 is 0 Å². The molecule has 0 saturated carbocycles. The molecule has 1 aliphatic rings. The zero-order valence-corrected chi connectivity index (χ0v) is 11.5. The van der Waals surface area contributed by atoms with Crippen molar-refractivity contribution in [1.29, 1.82) is 0 Å². The molecule has 1 heterocycles. The van der Waals surface area contributed by atoms with Gasteiger partial charge in [0.1, 0.15) is 0 Å². The van der Waals surface area contributed by atoms with Crippen molar-refractivity contribution in [3.63, 3.8) is 0 Å². The van der Waals surface area contributed by atoms with Gasteiger partial charge >= 0.3 is 5.97 Å². The van der Waals surface area contributed by atoms with E-state index < -0.39 is 5.97 Å². The van der Waals surface area contributed by atoms with Crippen molar-refractivity contribution in [1.82, 2.24) is 9.80 Å². The maximum Gasteiger partial charge on any atom is 0.303 e. The lowest BCUT2D eigenvalue weighted by Crippen LogP contribution is -2.44. The van der Waals surface area contributed by atoms with Gasteiger partial charge in [0.05, 0.1) is 0 Å². The van der Waals surface area contributed by atoms with Crippen molar-refractivity contribution in [2.24, 2.45) is 0 Å². The van der Waals surface area contributed by atoms with Crippen molar-refractivity contribution in [3.8, 4) is 0 Å². The third kappa shape index (κ3) is 4.28. The molecule has 4 nitrogen and oxygen atoms in total. The number of nitrogens with zero attached hydrogens (tertiary/aromatic N) is 2. The number of hydrogen-bond donors (Lipinski definition) is 1. The number of carboxylic acids is 1. The van der Waals surface area contributed by atoms with E-state index in [1.807, 2.05) is 0 Å². The topological polar surface area (TPSA) is 43.8 Å². The number of carbonyl (C=O) groups is 1. The summed E-state index contributed by atoms with van der Waals surface area (Å²) in [5.74, 6) is -0.686. The quantitative estimate of drug-likeness (QED) is 0.814. The van der Waals surface area contributed by atoms with Gasteiger partial charge in [0.25, 0.3) is 0 Å². The fraction of sp³-hybridized carbons (Fsp3) is 0.923. The van der Waals surface area contributed by atoms with Gasteiger partial charge in [0.2, 0.25) is 0 Å². The summed E-state index contributed by atoms with van der Waals surface area (Å²) < 4.78 is 0. The van der Waals surface area contributed by atoms with Crippen molar-refractivity contribution in [2.45, 2.75) is 58.2 Å². The summed E-state index contributed by atoms with van der Waals surface area (Å²) in [6.07, 6.45) is 2.19. The van der Waals surface area contributed by atoms with Crippen LogP contribution in [-0.4, -0.2) is 59.1 Å². The lowest BCUT2D eigenvalue weighted by Gasteiger charge is -2.34. The number of carboxylic acid groups (broad SMARTS) is 1. The first-order chi connectivity index (χ1) is 7.91. The first kappa shape index (κ1) is 14.5. The Kier molecular flexibility index (Phi) is 5.40. The Balaban J connectivity index is 2.67. The number of aliphatic carboxylic acids is 1. The highest BCUT2D eigenvalue weighted by Crippen LogP contribution is 2.19. The maximum atomic E-state index is 10.7. The van der Waals surface area contributed by atoms with Crippen LogP contribution in [0, 0.1) is 0 Å². The molecule has 0 radical (unpaired) electrons. The van der Waals surface area contributed by atoms with E-state index in [1.54, 1.807) is 0 Å². The van der Waals surface area contributed by atoms with Crippen LogP contribution in [0.5, 0.6) is 0 Å². The van der Waals surface area contributed by atoms with E-state index in [1.165, 1.54) is 0 Å². The van der Waals surface area contributed by atoms with E-state index in [4.69, 9.17) is 5.11 Å². The molecule has 0 aromatic heterocycles. The Bertz CT molecular complexity index is 256. The highest BCUT2D eigenvalue weighted by atomic mass is 16.4. The molecule has 0 aromatic carbocycles. The van der Waals surface area contributed by atoms with Crippen molar-refractivity contribution in [2.75, 3.05) is 20.1 Å². The molecule has 2 atom stereocenters. The van der Waals surface area contributed by atoms with Gasteiger partial charge < -0.3 is 10.0 Å². The Labute approximate surface area is 105 Å². The Morgan fingerprint density at radius 1 is 1.47 bits per heavy atom. The van der Waals surface area contributed by atoms with Gasteiger partial charge in [-0.05, 0) is 40.7 Å².